The molecule has 0 spiro atoms. The Morgan fingerprint density at radius 1 is 0.240 bits per heavy atom. The summed E-state index contributed by atoms with van der Waals surface area (Å²) in [6, 6.07) is 0. The molecule has 104 heavy (non-hydrogen) atoms. The minimum Gasteiger partial charge on any atom is -0.462 e. The van der Waals surface area contributed by atoms with Crippen LogP contribution in [-0.2, 0) is 65.4 Å². The largest absolute Gasteiger partial charge is 0.472 e. The van der Waals surface area contributed by atoms with Gasteiger partial charge in [0.2, 0.25) is 0 Å². The van der Waals surface area contributed by atoms with Crippen molar-refractivity contribution in [1.82, 2.24) is 0 Å². The molecule has 0 radical (unpaired) electrons. The first-order valence-electron chi connectivity index (χ1n) is 43.7. The van der Waals surface area contributed by atoms with Crippen molar-refractivity contribution in [3.8, 4) is 0 Å². The van der Waals surface area contributed by atoms with Crippen LogP contribution in [-0.4, -0.2) is 96.7 Å². The zero-order chi connectivity index (χ0) is 76.7. The summed E-state index contributed by atoms with van der Waals surface area (Å²) >= 11 is 0. The third-order valence-electron chi connectivity index (χ3n) is 19.8. The average Bonchev–Trinajstić information content (AvgIpc) is 0.904. The Hall–Kier alpha value is -1.94. The molecule has 618 valence electrons. The third-order valence-corrected chi connectivity index (χ3v) is 21.7. The first kappa shape index (κ1) is 102. The van der Waals surface area contributed by atoms with Crippen molar-refractivity contribution in [2.75, 3.05) is 39.6 Å². The van der Waals surface area contributed by atoms with Gasteiger partial charge in [-0.1, -0.05) is 389 Å². The Labute approximate surface area is 638 Å². The number of aliphatic hydroxyl groups is 1. The van der Waals surface area contributed by atoms with Gasteiger partial charge in [0.25, 0.3) is 0 Å². The highest BCUT2D eigenvalue weighted by Crippen LogP contribution is 2.45. The SMILES string of the molecule is CC(C)CCCCCCCCCCCCCCCCCCC(=O)O[C@H](COC(=O)CCCCCCCCCCCCCCCCC(C)C)COP(=O)(O)OC[C@@H](O)COP(=O)(O)OC[C@@H](COC(=O)CCCCCCCCCCC(C)C)OC(=O)CCCCCCCCCCCCCCCCC(C)C. The molecule has 0 aromatic heterocycles. The Morgan fingerprint density at radius 3 is 0.596 bits per heavy atom. The maximum Gasteiger partial charge on any atom is 0.472 e. The lowest BCUT2D eigenvalue weighted by Crippen LogP contribution is -2.30. The van der Waals surface area contributed by atoms with Gasteiger partial charge in [-0.05, 0) is 49.4 Å². The number of esters is 4. The maximum absolute atomic E-state index is 13.1. The summed E-state index contributed by atoms with van der Waals surface area (Å²) in [4.78, 5) is 73.2. The van der Waals surface area contributed by atoms with Gasteiger partial charge < -0.3 is 33.8 Å². The van der Waals surface area contributed by atoms with Crippen LogP contribution in [0.2, 0.25) is 0 Å². The lowest BCUT2D eigenvalue weighted by atomic mass is 10.0. The summed E-state index contributed by atoms with van der Waals surface area (Å²) in [6.07, 6.45) is 62.4. The van der Waals surface area contributed by atoms with Crippen LogP contribution < -0.4 is 0 Å². The molecule has 0 aliphatic carbocycles. The van der Waals surface area contributed by atoms with Gasteiger partial charge in [0.1, 0.15) is 19.3 Å². The summed E-state index contributed by atoms with van der Waals surface area (Å²) in [5.41, 5.74) is 0. The van der Waals surface area contributed by atoms with Gasteiger partial charge in [0, 0.05) is 25.7 Å². The number of aliphatic hydroxyl groups excluding tert-OH is 1. The number of unbranched alkanes of at least 4 members (excludes halogenated alkanes) is 48. The molecule has 0 heterocycles. The number of phosphoric acid groups is 2. The molecule has 0 aromatic carbocycles. The van der Waals surface area contributed by atoms with E-state index in [0.717, 1.165) is 114 Å². The molecule has 19 heteroatoms. The topological polar surface area (TPSA) is 237 Å². The smallest absolute Gasteiger partial charge is 0.462 e. The van der Waals surface area contributed by atoms with Crippen LogP contribution in [0.3, 0.4) is 0 Å². The van der Waals surface area contributed by atoms with Crippen molar-refractivity contribution in [2.45, 2.75) is 459 Å². The molecule has 0 aliphatic heterocycles. The minimum atomic E-state index is -4.97. The van der Waals surface area contributed by atoms with E-state index in [-0.39, 0.29) is 25.7 Å². The van der Waals surface area contributed by atoms with E-state index in [1.165, 1.54) is 244 Å². The molecule has 0 fully saturated rings. The average molecular weight is 1520 g/mol. The first-order chi connectivity index (χ1) is 50.1. The molecule has 3 N–H and O–H groups in total. The quantitative estimate of drug-likeness (QED) is 0.0222. The molecular formula is C85H166O17P2. The summed E-state index contributed by atoms with van der Waals surface area (Å²) in [7, 11) is -9.93. The maximum atomic E-state index is 13.1. The van der Waals surface area contributed by atoms with Gasteiger partial charge in [-0.2, -0.15) is 0 Å². The van der Waals surface area contributed by atoms with E-state index in [0.29, 0.717) is 25.7 Å². The molecule has 17 nitrogen and oxygen atoms in total. The number of ether oxygens (including phenoxy) is 4. The fourth-order valence-corrected chi connectivity index (χ4v) is 14.7. The van der Waals surface area contributed by atoms with E-state index in [1.54, 1.807) is 0 Å². The highest BCUT2D eigenvalue weighted by Gasteiger charge is 2.30. The van der Waals surface area contributed by atoms with Gasteiger partial charge in [0.05, 0.1) is 26.4 Å². The Morgan fingerprint density at radius 2 is 0.404 bits per heavy atom. The Kier molecular flexibility index (Phi) is 72.5. The Bertz CT molecular complexity index is 2020. The second-order valence-corrected chi connectivity index (χ2v) is 35.4. The molecule has 0 amide bonds. The van der Waals surface area contributed by atoms with Crippen LogP contribution in [0, 0.1) is 23.7 Å². The third kappa shape index (κ3) is 78.2. The summed E-state index contributed by atoms with van der Waals surface area (Å²) < 4.78 is 68.9. The molecule has 2 unspecified atom stereocenters. The van der Waals surface area contributed by atoms with Crippen molar-refractivity contribution in [2.24, 2.45) is 23.7 Å². The molecule has 0 aliphatic rings. The number of carbonyl (C=O) groups excluding carboxylic acids is 4. The van der Waals surface area contributed by atoms with Crippen molar-refractivity contribution >= 4 is 39.5 Å². The van der Waals surface area contributed by atoms with E-state index < -0.39 is 97.5 Å². The van der Waals surface area contributed by atoms with Crippen LogP contribution in [0.5, 0.6) is 0 Å². The molecule has 0 aromatic rings. The van der Waals surface area contributed by atoms with Crippen molar-refractivity contribution in [3.63, 3.8) is 0 Å². The predicted octanol–water partition coefficient (Wildman–Crippen LogP) is 25.6. The standard InChI is InChI=1S/C85H166O17P2/c1-75(2)61-53-45-37-29-23-17-11-9-10-12-21-27-33-43-51-59-67-84(89)101-80(71-95-82(87)65-57-49-41-32-26-20-15-13-18-24-30-38-46-54-62-76(3)4)73-99-103(91,92)97-69-79(86)70-98-104(93,94)100-74-81(72-96-83(88)66-58-50-42-36-35-40-48-56-64-78(7)8)102-85(90)68-60-52-44-34-28-22-16-14-19-25-31-39-47-55-63-77(5)6/h75-81,86H,9-74H2,1-8H3,(H,91,92)(H,93,94)/t79-,80-,81-/m1/s1. The minimum absolute atomic E-state index is 0.107. The molecule has 0 saturated carbocycles. The van der Waals surface area contributed by atoms with E-state index in [2.05, 4.69) is 55.4 Å². The molecular weight excluding hydrogens is 1350 g/mol. The van der Waals surface area contributed by atoms with E-state index in [9.17, 15) is 43.2 Å². The van der Waals surface area contributed by atoms with Gasteiger partial charge in [0.15, 0.2) is 12.2 Å². The van der Waals surface area contributed by atoms with E-state index in [4.69, 9.17) is 37.0 Å². The summed E-state index contributed by atoms with van der Waals surface area (Å²) in [5.74, 6) is 1.02. The normalized spacial score (nSPS) is 14.0. The molecule has 0 rings (SSSR count). The van der Waals surface area contributed by atoms with Crippen LogP contribution >= 0.6 is 15.6 Å². The number of phosphoric ester groups is 2. The lowest BCUT2D eigenvalue weighted by Gasteiger charge is -2.21. The van der Waals surface area contributed by atoms with Crippen LogP contribution in [0.25, 0.3) is 0 Å². The zero-order valence-electron chi connectivity index (χ0n) is 68.7. The number of hydrogen-bond donors (Lipinski definition) is 3. The van der Waals surface area contributed by atoms with Crippen molar-refractivity contribution in [1.29, 1.82) is 0 Å². The highest BCUT2D eigenvalue weighted by molar-refractivity contribution is 7.47. The fourth-order valence-electron chi connectivity index (χ4n) is 13.1. The second-order valence-electron chi connectivity index (χ2n) is 32.5. The van der Waals surface area contributed by atoms with Crippen LogP contribution in [0.1, 0.15) is 441 Å². The van der Waals surface area contributed by atoms with E-state index in [1.807, 2.05) is 0 Å². The first-order valence-corrected chi connectivity index (χ1v) is 46.7. The molecule has 0 bridgehead atoms. The monoisotopic (exact) mass is 1520 g/mol. The second kappa shape index (κ2) is 73.8. The van der Waals surface area contributed by atoms with E-state index >= 15 is 0 Å². The number of carbonyl (C=O) groups is 4. The molecule has 0 saturated heterocycles. The summed E-state index contributed by atoms with van der Waals surface area (Å²) in [5, 5.41) is 10.7. The lowest BCUT2D eigenvalue weighted by molar-refractivity contribution is -0.161. The number of hydrogen-bond acceptors (Lipinski definition) is 15. The van der Waals surface area contributed by atoms with Crippen molar-refractivity contribution in [3.05, 3.63) is 0 Å². The van der Waals surface area contributed by atoms with Crippen LogP contribution in [0.15, 0.2) is 0 Å². The van der Waals surface area contributed by atoms with Gasteiger partial charge in [-0.25, -0.2) is 9.13 Å². The van der Waals surface area contributed by atoms with Gasteiger partial charge in [-0.3, -0.25) is 37.3 Å². The van der Waals surface area contributed by atoms with Gasteiger partial charge >= 0.3 is 39.5 Å². The van der Waals surface area contributed by atoms with Gasteiger partial charge in [-0.15, -0.1) is 0 Å². The predicted molar refractivity (Wildman–Crippen MR) is 428 cm³/mol. The summed E-state index contributed by atoms with van der Waals surface area (Å²) in [6.45, 7) is 14.3. The van der Waals surface area contributed by atoms with Crippen molar-refractivity contribution < 1.29 is 80.2 Å². The highest BCUT2D eigenvalue weighted by atomic mass is 31.2. The Balaban J connectivity index is 5.25. The number of rotatable bonds is 82. The molecule has 5 atom stereocenters. The zero-order valence-corrected chi connectivity index (χ0v) is 70.5. The van der Waals surface area contributed by atoms with Crippen LogP contribution in [0.4, 0.5) is 0 Å². The fraction of sp³-hybridized carbons (Fsp3) is 0.953.